The molecule has 0 spiro atoms. The number of aromatic nitrogens is 3. The van der Waals surface area contributed by atoms with Crippen LogP contribution in [0.5, 0.6) is 0 Å². The summed E-state index contributed by atoms with van der Waals surface area (Å²) in [6, 6.07) is 1.63. The third-order valence-corrected chi connectivity index (χ3v) is 2.52. The van der Waals surface area contributed by atoms with Gasteiger partial charge >= 0.3 is 0 Å². The first-order chi connectivity index (χ1) is 7.16. The number of carbonyl (C=O) groups excluding carboxylic acids is 1. The number of carbonyl (C=O) groups is 1. The van der Waals surface area contributed by atoms with Crippen LogP contribution in [0.2, 0.25) is 0 Å². The molecule has 0 aliphatic heterocycles. The van der Waals surface area contributed by atoms with Crippen LogP contribution >= 0.6 is 15.9 Å². The standard InChI is InChI=1S/C9H8BrN3O2/c1-13-5-6(11-12-13)4-8(14)7-2-3-15-9(7)10/h2-3,5H,4H2,1H3. The molecular weight excluding hydrogens is 262 g/mol. The predicted molar refractivity (Wildman–Crippen MR) is 55.4 cm³/mol. The third-order valence-electron chi connectivity index (χ3n) is 1.91. The fourth-order valence-corrected chi connectivity index (χ4v) is 1.69. The Bertz CT molecular complexity index is 489. The van der Waals surface area contributed by atoms with Crippen LogP contribution in [-0.2, 0) is 13.5 Å². The van der Waals surface area contributed by atoms with Crippen LogP contribution in [0.15, 0.2) is 27.6 Å². The molecule has 2 aromatic heterocycles. The first kappa shape index (κ1) is 10.1. The first-order valence-electron chi connectivity index (χ1n) is 4.28. The Morgan fingerprint density at radius 2 is 2.47 bits per heavy atom. The third kappa shape index (κ3) is 2.15. The lowest BCUT2D eigenvalue weighted by Gasteiger charge is -1.93. The SMILES string of the molecule is Cn1cc(CC(=O)c2ccoc2Br)nn1. The van der Waals surface area contributed by atoms with Crippen LogP contribution in [0.3, 0.4) is 0 Å². The van der Waals surface area contributed by atoms with Crippen LogP contribution < -0.4 is 0 Å². The van der Waals surface area contributed by atoms with Gasteiger partial charge in [-0.25, -0.2) is 0 Å². The quantitative estimate of drug-likeness (QED) is 0.795. The number of furan rings is 1. The van der Waals surface area contributed by atoms with Gasteiger partial charge in [0.05, 0.1) is 23.9 Å². The van der Waals surface area contributed by atoms with Gasteiger partial charge in [-0.1, -0.05) is 5.21 Å². The molecule has 0 bridgehead atoms. The van der Waals surface area contributed by atoms with E-state index in [1.54, 1.807) is 24.0 Å². The van der Waals surface area contributed by atoms with Crippen molar-refractivity contribution in [2.45, 2.75) is 6.42 Å². The second-order valence-corrected chi connectivity index (χ2v) is 3.81. The first-order valence-corrected chi connectivity index (χ1v) is 5.07. The van der Waals surface area contributed by atoms with Gasteiger partial charge in [-0.2, -0.15) is 0 Å². The Kier molecular flexibility index (Phi) is 2.68. The molecule has 2 heterocycles. The maximum atomic E-state index is 11.7. The monoisotopic (exact) mass is 269 g/mol. The summed E-state index contributed by atoms with van der Waals surface area (Å²) >= 11 is 3.16. The topological polar surface area (TPSA) is 60.9 Å². The molecule has 0 unspecified atom stereocenters. The number of Topliss-reactive ketones (excluding diaryl/α,β-unsaturated/α-hetero) is 1. The van der Waals surface area contributed by atoms with Crippen LogP contribution in [0, 0.1) is 0 Å². The molecule has 0 amide bonds. The van der Waals surface area contributed by atoms with Gasteiger partial charge in [0.15, 0.2) is 10.5 Å². The van der Waals surface area contributed by atoms with Crippen molar-refractivity contribution >= 4 is 21.7 Å². The van der Waals surface area contributed by atoms with Crippen molar-refractivity contribution in [2.75, 3.05) is 0 Å². The van der Waals surface area contributed by atoms with Gasteiger partial charge in [-0.15, -0.1) is 5.10 Å². The van der Waals surface area contributed by atoms with E-state index in [1.807, 2.05) is 0 Å². The molecule has 0 radical (unpaired) electrons. The van der Waals surface area contributed by atoms with E-state index in [0.29, 0.717) is 15.9 Å². The van der Waals surface area contributed by atoms with Gasteiger partial charge in [-0.3, -0.25) is 9.48 Å². The Hall–Kier alpha value is -1.43. The Labute approximate surface area is 94.2 Å². The molecule has 6 heteroatoms. The molecule has 0 aliphatic carbocycles. The molecule has 15 heavy (non-hydrogen) atoms. The minimum atomic E-state index is -0.0453. The van der Waals surface area contributed by atoms with E-state index >= 15 is 0 Å². The van der Waals surface area contributed by atoms with E-state index < -0.39 is 0 Å². The number of halogens is 1. The van der Waals surface area contributed by atoms with Crippen molar-refractivity contribution in [1.82, 2.24) is 15.0 Å². The van der Waals surface area contributed by atoms with E-state index in [0.717, 1.165) is 0 Å². The molecule has 2 rings (SSSR count). The molecule has 0 atom stereocenters. The number of aryl methyl sites for hydroxylation is 1. The molecule has 2 aromatic rings. The van der Waals surface area contributed by atoms with E-state index in [1.165, 1.54) is 6.26 Å². The maximum Gasteiger partial charge on any atom is 0.179 e. The Morgan fingerprint density at radius 1 is 1.67 bits per heavy atom. The fraction of sp³-hybridized carbons (Fsp3) is 0.222. The number of hydrogen-bond acceptors (Lipinski definition) is 4. The Balaban J connectivity index is 2.14. The smallest absolute Gasteiger partial charge is 0.179 e. The highest BCUT2D eigenvalue weighted by molar-refractivity contribution is 9.10. The molecule has 0 aliphatic rings. The zero-order chi connectivity index (χ0) is 10.8. The van der Waals surface area contributed by atoms with Crippen molar-refractivity contribution in [3.63, 3.8) is 0 Å². The molecule has 78 valence electrons. The van der Waals surface area contributed by atoms with Crippen molar-refractivity contribution in [1.29, 1.82) is 0 Å². The summed E-state index contributed by atoms with van der Waals surface area (Å²) in [5.41, 5.74) is 1.18. The lowest BCUT2D eigenvalue weighted by atomic mass is 10.1. The summed E-state index contributed by atoms with van der Waals surface area (Å²) < 4.78 is 7.00. The fourth-order valence-electron chi connectivity index (χ4n) is 1.23. The van der Waals surface area contributed by atoms with Crippen molar-refractivity contribution in [3.8, 4) is 0 Å². The molecule has 0 saturated carbocycles. The summed E-state index contributed by atoms with van der Waals surface area (Å²) in [6.07, 6.45) is 3.41. The predicted octanol–water partition coefficient (Wildman–Crippen LogP) is 1.60. The van der Waals surface area contributed by atoms with Crippen molar-refractivity contribution in [2.24, 2.45) is 7.05 Å². The summed E-state index contributed by atoms with van der Waals surface area (Å²) in [7, 11) is 1.76. The van der Waals surface area contributed by atoms with Gasteiger partial charge in [0.1, 0.15) is 0 Å². The van der Waals surface area contributed by atoms with Gasteiger partial charge in [0.25, 0.3) is 0 Å². The number of hydrogen-bond donors (Lipinski definition) is 0. The highest BCUT2D eigenvalue weighted by Gasteiger charge is 2.14. The highest BCUT2D eigenvalue weighted by Crippen LogP contribution is 2.19. The lowest BCUT2D eigenvalue weighted by molar-refractivity contribution is 0.0990. The zero-order valence-electron chi connectivity index (χ0n) is 7.98. The van der Waals surface area contributed by atoms with E-state index in [4.69, 9.17) is 4.42 Å². The lowest BCUT2D eigenvalue weighted by Crippen LogP contribution is -2.03. The summed E-state index contributed by atoms with van der Waals surface area (Å²) in [4.78, 5) is 11.7. The van der Waals surface area contributed by atoms with Gasteiger partial charge < -0.3 is 4.42 Å². The summed E-state index contributed by atoms with van der Waals surface area (Å²) in [5.74, 6) is -0.0453. The molecular formula is C9H8BrN3O2. The Morgan fingerprint density at radius 3 is 3.00 bits per heavy atom. The minimum absolute atomic E-state index is 0.0453. The van der Waals surface area contributed by atoms with Crippen LogP contribution in [0.4, 0.5) is 0 Å². The van der Waals surface area contributed by atoms with E-state index in [2.05, 4.69) is 26.2 Å². The van der Waals surface area contributed by atoms with Crippen LogP contribution in [0.1, 0.15) is 16.1 Å². The van der Waals surface area contributed by atoms with Gasteiger partial charge in [0.2, 0.25) is 0 Å². The largest absolute Gasteiger partial charge is 0.457 e. The van der Waals surface area contributed by atoms with Gasteiger partial charge in [0, 0.05) is 13.2 Å². The van der Waals surface area contributed by atoms with Gasteiger partial charge in [-0.05, 0) is 22.0 Å². The molecule has 5 nitrogen and oxygen atoms in total. The average molecular weight is 270 g/mol. The van der Waals surface area contributed by atoms with Crippen molar-refractivity contribution in [3.05, 3.63) is 34.5 Å². The van der Waals surface area contributed by atoms with E-state index in [-0.39, 0.29) is 12.2 Å². The number of nitrogens with zero attached hydrogens (tertiary/aromatic N) is 3. The summed E-state index contributed by atoms with van der Waals surface area (Å²) in [5, 5.41) is 7.59. The van der Waals surface area contributed by atoms with Crippen LogP contribution in [0.25, 0.3) is 0 Å². The van der Waals surface area contributed by atoms with Crippen LogP contribution in [-0.4, -0.2) is 20.8 Å². The molecule has 0 fully saturated rings. The van der Waals surface area contributed by atoms with Crippen molar-refractivity contribution < 1.29 is 9.21 Å². The molecule has 0 N–H and O–H groups in total. The zero-order valence-corrected chi connectivity index (χ0v) is 9.56. The number of ketones is 1. The molecule has 0 saturated heterocycles. The number of rotatable bonds is 3. The summed E-state index contributed by atoms with van der Waals surface area (Å²) in [6.45, 7) is 0. The van der Waals surface area contributed by atoms with E-state index in [9.17, 15) is 4.79 Å². The molecule has 0 aromatic carbocycles. The highest BCUT2D eigenvalue weighted by atomic mass is 79.9. The second-order valence-electron chi connectivity index (χ2n) is 3.09. The normalized spacial score (nSPS) is 10.5. The maximum absolute atomic E-state index is 11.7. The minimum Gasteiger partial charge on any atom is -0.457 e. The second kappa shape index (κ2) is 3.98. The average Bonchev–Trinajstić information content (AvgIpc) is 2.75.